The third-order valence-corrected chi connectivity index (χ3v) is 8.38. The molecule has 0 aliphatic carbocycles. The Kier molecular flexibility index (Phi) is 5.60. The van der Waals surface area contributed by atoms with Crippen molar-refractivity contribution >= 4 is 33.2 Å². The van der Waals surface area contributed by atoms with Crippen LogP contribution in [0.1, 0.15) is 80.8 Å². The van der Waals surface area contributed by atoms with Crippen molar-refractivity contribution in [2.45, 2.75) is 70.6 Å². The summed E-state index contributed by atoms with van der Waals surface area (Å²) in [6, 6.07) is 16.5. The summed E-state index contributed by atoms with van der Waals surface area (Å²) in [5.74, 6) is 0.182. The molecule has 3 aromatic carbocycles. The van der Waals surface area contributed by atoms with E-state index in [0.717, 1.165) is 38.1 Å². The van der Waals surface area contributed by atoms with Gasteiger partial charge in [0.15, 0.2) is 0 Å². The average Bonchev–Trinajstić information content (AvgIpc) is 3.32. The van der Waals surface area contributed by atoms with Crippen LogP contribution in [0.4, 0.5) is 11.4 Å². The summed E-state index contributed by atoms with van der Waals surface area (Å²) in [4.78, 5) is 14.4. The number of benzene rings is 3. The van der Waals surface area contributed by atoms with Crippen molar-refractivity contribution in [1.82, 2.24) is 0 Å². The van der Waals surface area contributed by atoms with Gasteiger partial charge in [0.2, 0.25) is 5.91 Å². The monoisotopic (exact) mass is 546 g/mol. The first-order chi connectivity index (χ1) is 16.8. The Labute approximate surface area is 222 Å². The Bertz CT molecular complexity index is 1360. The van der Waals surface area contributed by atoms with Crippen LogP contribution in [-0.2, 0) is 21.0 Å². The number of hydrogen-bond acceptors (Lipinski definition) is 3. The second kappa shape index (κ2) is 8.11. The van der Waals surface area contributed by atoms with Crippen LogP contribution >= 0.6 is 15.9 Å². The molecule has 0 radical (unpaired) electrons. The molecule has 3 aromatic rings. The summed E-state index contributed by atoms with van der Waals surface area (Å²) in [7, 11) is 0. The highest BCUT2D eigenvalue weighted by Gasteiger charge is 2.56. The summed E-state index contributed by atoms with van der Waals surface area (Å²) in [6.45, 7) is 15.4. The maximum absolute atomic E-state index is 14.4. The van der Waals surface area contributed by atoms with Crippen molar-refractivity contribution in [3.8, 4) is 5.75 Å². The number of halogens is 1. The molecule has 0 fully saturated rings. The van der Waals surface area contributed by atoms with E-state index in [1.54, 1.807) is 0 Å². The molecule has 2 heterocycles. The van der Waals surface area contributed by atoms with Crippen LogP contribution < -0.4 is 10.6 Å². The van der Waals surface area contributed by atoms with E-state index in [2.05, 4.69) is 111 Å². The molecule has 2 unspecified atom stereocenters. The van der Waals surface area contributed by atoms with Crippen molar-refractivity contribution in [2.24, 2.45) is 0 Å². The minimum atomic E-state index is -0.961. The quantitative estimate of drug-likeness (QED) is 0.311. The number of hydrogen-bond donors (Lipinski definition) is 3. The van der Waals surface area contributed by atoms with Gasteiger partial charge < -0.3 is 15.7 Å². The third kappa shape index (κ3) is 3.58. The van der Waals surface area contributed by atoms with E-state index < -0.39 is 5.41 Å². The number of fused-ring (bicyclic) bond motifs is 2. The van der Waals surface area contributed by atoms with Crippen LogP contribution in [0.15, 0.2) is 53.0 Å². The van der Waals surface area contributed by atoms with Gasteiger partial charge in [-0.05, 0) is 75.4 Å². The molecule has 5 heteroatoms. The zero-order chi connectivity index (χ0) is 26.2. The number of anilines is 2. The lowest BCUT2D eigenvalue weighted by Gasteiger charge is -2.38. The highest BCUT2D eigenvalue weighted by molar-refractivity contribution is 9.10. The highest BCUT2D eigenvalue weighted by Crippen LogP contribution is 2.57. The highest BCUT2D eigenvalue weighted by atomic mass is 79.9. The van der Waals surface area contributed by atoms with Gasteiger partial charge >= 0.3 is 0 Å². The fourth-order valence-corrected chi connectivity index (χ4v) is 6.48. The molecule has 2 aliphatic heterocycles. The molecular weight excluding hydrogens is 512 g/mol. The second-order valence-electron chi connectivity index (χ2n) is 12.3. The SMILES string of the molecule is Cc1cccc2c1C(C1(c3cc(C(C)(C)C)c(O)c(C(C)(C)C)c3)C(=O)Nc3ccc(Br)cc31)CN2. The standard InChI is InChI=1S/C31H35BrN2O2/c1-17-9-8-10-25-26(17)23(16-33-25)31(20-15-19(32)11-12-24(20)34-28(31)36)18-13-21(29(2,3)4)27(35)22(14-18)30(5,6)7/h8-15,23,33,35H,16H2,1-7H3,(H,34,36). The van der Waals surface area contributed by atoms with Gasteiger partial charge in [0, 0.05) is 28.3 Å². The van der Waals surface area contributed by atoms with Crippen LogP contribution in [0.3, 0.4) is 0 Å². The third-order valence-electron chi connectivity index (χ3n) is 7.89. The predicted molar refractivity (Wildman–Crippen MR) is 151 cm³/mol. The smallest absolute Gasteiger partial charge is 0.240 e. The number of carbonyl (C=O) groups is 1. The van der Waals surface area contributed by atoms with Crippen LogP contribution in [0.2, 0.25) is 0 Å². The van der Waals surface area contributed by atoms with Crippen LogP contribution in [0.25, 0.3) is 0 Å². The number of rotatable bonds is 2. The normalized spacial score (nSPS) is 21.1. The Morgan fingerprint density at radius 1 is 0.944 bits per heavy atom. The molecule has 4 nitrogen and oxygen atoms in total. The number of phenolic OH excluding ortho intramolecular Hbond substituents is 1. The van der Waals surface area contributed by atoms with Crippen LogP contribution in [0.5, 0.6) is 5.75 Å². The summed E-state index contributed by atoms with van der Waals surface area (Å²) in [5.41, 5.74) is 6.31. The molecule has 3 N–H and O–H groups in total. The maximum Gasteiger partial charge on any atom is 0.240 e. The molecule has 0 aromatic heterocycles. The number of carbonyl (C=O) groups excluding carboxylic acids is 1. The van der Waals surface area contributed by atoms with Crippen molar-refractivity contribution in [3.63, 3.8) is 0 Å². The second-order valence-corrected chi connectivity index (χ2v) is 13.3. The minimum Gasteiger partial charge on any atom is -0.507 e. The molecule has 36 heavy (non-hydrogen) atoms. The molecule has 0 saturated heterocycles. The molecular formula is C31H35BrN2O2. The largest absolute Gasteiger partial charge is 0.507 e. The van der Waals surface area contributed by atoms with E-state index in [4.69, 9.17) is 0 Å². The molecule has 188 valence electrons. The van der Waals surface area contributed by atoms with Crippen LogP contribution in [-0.4, -0.2) is 17.6 Å². The zero-order valence-electron chi connectivity index (χ0n) is 22.1. The van der Waals surface area contributed by atoms with Gasteiger partial charge in [-0.2, -0.15) is 0 Å². The Balaban J connectivity index is 1.92. The van der Waals surface area contributed by atoms with E-state index >= 15 is 0 Å². The summed E-state index contributed by atoms with van der Waals surface area (Å²) < 4.78 is 0.934. The minimum absolute atomic E-state index is 0.0242. The number of nitrogens with one attached hydrogen (secondary N) is 2. The van der Waals surface area contributed by atoms with Crippen LogP contribution in [0, 0.1) is 6.92 Å². The van der Waals surface area contributed by atoms with Gasteiger partial charge in [-0.15, -0.1) is 0 Å². The zero-order valence-corrected chi connectivity index (χ0v) is 23.7. The molecule has 0 saturated carbocycles. The van der Waals surface area contributed by atoms with Crippen molar-refractivity contribution in [2.75, 3.05) is 17.2 Å². The van der Waals surface area contributed by atoms with Crippen molar-refractivity contribution in [1.29, 1.82) is 0 Å². The van der Waals surface area contributed by atoms with Gasteiger partial charge in [-0.25, -0.2) is 0 Å². The molecule has 0 spiro atoms. The first-order valence-electron chi connectivity index (χ1n) is 12.6. The molecule has 1 amide bonds. The van der Waals surface area contributed by atoms with Gasteiger partial charge in [0.05, 0.1) is 0 Å². The summed E-state index contributed by atoms with van der Waals surface area (Å²) in [5, 5.41) is 18.3. The lowest BCUT2D eigenvalue weighted by molar-refractivity contribution is -0.120. The van der Waals surface area contributed by atoms with Gasteiger partial charge in [-0.1, -0.05) is 81.7 Å². The van der Waals surface area contributed by atoms with Gasteiger partial charge in [0.25, 0.3) is 0 Å². The van der Waals surface area contributed by atoms with Crippen molar-refractivity contribution < 1.29 is 9.90 Å². The van der Waals surface area contributed by atoms with E-state index in [9.17, 15) is 9.90 Å². The molecule has 0 bridgehead atoms. The fraction of sp³-hybridized carbons (Fsp3) is 0.387. The first-order valence-corrected chi connectivity index (χ1v) is 13.4. The summed E-state index contributed by atoms with van der Waals surface area (Å²) >= 11 is 3.67. The predicted octanol–water partition coefficient (Wildman–Crippen LogP) is 7.51. The molecule has 2 aliphatic rings. The molecule has 5 rings (SSSR count). The maximum atomic E-state index is 14.4. The Hall–Kier alpha value is -2.79. The van der Waals surface area contributed by atoms with E-state index in [0.29, 0.717) is 12.3 Å². The number of phenols is 1. The van der Waals surface area contributed by atoms with Gasteiger partial charge in [0.1, 0.15) is 11.2 Å². The first kappa shape index (κ1) is 24.9. The average molecular weight is 548 g/mol. The Morgan fingerprint density at radius 2 is 1.58 bits per heavy atom. The van der Waals surface area contributed by atoms with Crippen molar-refractivity contribution in [3.05, 3.63) is 86.4 Å². The van der Waals surface area contributed by atoms with E-state index in [-0.39, 0.29) is 22.7 Å². The summed E-state index contributed by atoms with van der Waals surface area (Å²) in [6.07, 6.45) is 0. The number of amides is 1. The molecule has 2 atom stereocenters. The topological polar surface area (TPSA) is 61.4 Å². The van der Waals surface area contributed by atoms with E-state index in [1.807, 2.05) is 12.1 Å². The lowest BCUT2D eigenvalue weighted by Crippen LogP contribution is -2.43. The lowest BCUT2D eigenvalue weighted by atomic mass is 9.62. The van der Waals surface area contributed by atoms with Gasteiger partial charge in [-0.3, -0.25) is 4.79 Å². The number of aromatic hydroxyl groups is 1. The number of aryl methyl sites for hydroxylation is 1. The van der Waals surface area contributed by atoms with E-state index in [1.165, 1.54) is 11.1 Å². The Morgan fingerprint density at radius 3 is 2.19 bits per heavy atom. The fourth-order valence-electron chi connectivity index (χ4n) is 6.12.